The lowest BCUT2D eigenvalue weighted by Crippen LogP contribution is -2.25. The van der Waals surface area contributed by atoms with Crippen molar-refractivity contribution in [2.45, 2.75) is 33.6 Å². The van der Waals surface area contributed by atoms with E-state index in [1.165, 1.54) is 16.7 Å². The quantitative estimate of drug-likeness (QED) is 0.510. The van der Waals surface area contributed by atoms with Gasteiger partial charge in [-0.2, -0.15) is 5.10 Å². The molecule has 0 aliphatic carbocycles. The molecule has 4 rings (SSSR count). The predicted octanol–water partition coefficient (Wildman–Crippen LogP) is 4.36. The Hall–Kier alpha value is -3.74. The molecular weight excluding hydrogens is 407 g/mol. The van der Waals surface area contributed by atoms with Gasteiger partial charge in [0.05, 0.1) is 11.4 Å². The van der Waals surface area contributed by atoms with Crippen molar-refractivity contribution in [1.29, 1.82) is 0 Å². The number of carbonyl (C=O) groups excluding carboxylic acids is 1. The summed E-state index contributed by atoms with van der Waals surface area (Å²) in [4.78, 5) is 25.7. The standard InChI is InChI=1S/C25H25FN4O2/c1-15-8-5-6-11-21(15)27-22(31)13-12-20-16(2)23-17(3)28-30(24(23)29(4)25(20)32)19-10-7-9-18(26)14-19/h5-11,14H,12-13H2,1-4H3,(H,27,31). The summed E-state index contributed by atoms with van der Waals surface area (Å²) in [7, 11) is 1.68. The van der Waals surface area contributed by atoms with Crippen LogP contribution in [0.3, 0.4) is 0 Å². The third kappa shape index (κ3) is 3.82. The SMILES string of the molecule is Cc1ccccc1NC(=O)CCc1c(C)c2c(C)nn(-c3cccc(F)c3)c2n(C)c1=O. The van der Waals surface area contributed by atoms with Gasteiger partial charge < -0.3 is 5.32 Å². The van der Waals surface area contributed by atoms with Gasteiger partial charge in [0.2, 0.25) is 5.91 Å². The summed E-state index contributed by atoms with van der Waals surface area (Å²) >= 11 is 0. The van der Waals surface area contributed by atoms with E-state index in [-0.39, 0.29) is 23.7 Å². The van der Waals surface area contributed by atoms with E-state index in [1.807, 2.05) is 45.0 Å². The average molecular weight is 432 g/mol. The first-order chi connectivity index (χ1) is 15.3. The lowest BCUT2D eigenvalue weighted by molar-refractivity contribution is -0.116. The molecule has 2 aromatic heterocycles. The van der Waals surface area contributed by atoms with Gasteiger partial charge in [-0.15, -0.1) is 0 Å². The van der Waals surface area contributed by atoms with Crippen molar-refractivity contribution in [3.8, 4) is 5.69 Å². The maximum atomic E-state index is 13.8. The van der Waals surface area contributed by atoms with Crippen LogP contribution in [0.2, 0.25) is 0 Å². The Morgan fingerprint density at radius 2 is 1.84 bits per heavy atom. The molecule has 2 heterocycles. The fourth-order valence-electron chi connectivity index (χ4n) is 4.12. The van der Waals surface area contributed by atoms with Crippen molar-refractivity contribution in [3.63, 3.8) is 0 Å². The maximum absolute atomic E-state index is 13.8. The Bertz CT molecular complexity index is 1400. The Morgan fingerprint density at radius 1 is 1.09 bits per heavy atom. The van der Waals surface area contributed by atoms with Gasteiger partial charge in [-0.25, -0.2) is 9.07 Å². The monoisotopic (exact) mass is 432 g/mol. The van der Waals surface area contributed by atoms with E-state index in [0.29, 0.717) is 23.3 Å². The van der Waals surface area contributed by atoms with Crippen LogP contribution in [0.15, 0.2) is 53.3 Å². The molecular formula is C25H25FN4O2. The molecule has 0 spiro atoms. The summed E-state index contributed by atoms with van der Waals surface area (Å²) in [6.45, 7) is 5.68. The molecule has 0 aliphatic rings. The van der Waals surface area contributed by atoms with Crippen LogP contribution < -0.4 is 10.9 Å². The van der Waals surface area contributed by atoms with Crippen molar-refractivity contribution in [3.05, 3.63) is 87.1 Å². The van der Waals surface area contributed by atoms with Gasteiger partial charge in [0.15, 0.2) is 0 Å². The Kier molecular flexibility index (Phi) is 5.65. The molecule has 4 aromatic rings. The molecule has 0 fully saturated rings. The Morgan fingerprint density at radius 3 is 2.56 bits per heavy atom. The van der Waals surface area contributed by atoms with Gasteiger partial charge in [-0.3, -0.25) is 14.2 Å². The van der Waals surface area contributed by atoms with E-state index in [2.05, 4.69) is 10.4 Å². The van der Waals surface area contributed by atoms with Crippen molar-refractivity contribution in [2.75, 3.05) is 5.32 Å². The largest absolute Gasteiger partial charge is 0.326 e. The number of fused-ring (bicyclic) bond motifs is 1. The second-order valence-corrected chi connectivity index (χ2v) is 8.01. The van der Waals surface area contributed by atoms with Gasteiger partial charge in [0, 0.05) is 30.1 Å². The number of anilines is 1. The second kappa shape index (κ2) is 8.42. The summed E-state index contributed by atoms with van der Waals surface area (Å²) in [5, 5.41) is 8.33. The number of hydrogen-bond acceptors (Lipinski definition) is 3. The third-order valence-electron chi connectivity index (χ3n) is 5.82. The number of benzene rings is 2. The van der Waals surface area contributed by atoms with Crippen LogP contribution in [0.4, 0.5) is 10.1 Å². The first kappa shape index (κ1) is 21.5. The van der Waals surface area contributed by atoms with Crippen LogP contribution in [0.25, 0.3) is 16.7 Å². The minimum atomic E-state index is -0.373. The zero-order valence-corrected chi connectivity index (χ0v) is 18.6. The number of halogens is 1. The van der Waals surface area contributed by atoms with Crippen molar-refractivity contribution in [1.82, 2.24) is 14.3 Å². The highest BCUT2D eigenvalue weighted by Gasteiger charge is 2.20. The average Bonchev–Trinajstić information content (AvgIpc) is 3.11. The number of aromatic nitrogens is 3. The van der Waals surface area contributed by atoms with E-state index < -0.39 is 0 Å². The first-order valence-electron chi connectivity index (χ1n) is 10.5. The van der Waals surface area contributed by atoms with Gasteiger partial charge in [0.25, 0.3) is 5.56 Å². The number of aryl methyl sites for hydroxylation is 4. The van der Waals surface area contributed by atoms with E-state index in [0.717, 1.165) is 27.9 Å². The summed E-state index contributed by atoms with van der Waals surface area (Å²) in [5.74, 6) is -0.519. The Labute approximate surface area is 185 Å². The first-order valence-corrected chi connectivity index (χ1v) is 10.5. The van der Waals surface area contributed by atoms with Crippen LogP contribution in [-0.4, -0.2) is 20.3 Å². The summed E-state index contributed by atoms with van der Waals surface area (Å²) < 4.78 is 16.9. The minimum absolute atomic E-state index is 0.145. The molecule has 0 bridgehead atoms. The van der Waals surface area contributed by atoms with Crippen molar-refractivity contribution >= 4 is 22.6 Å². The topological polar surface area (TPSA) is 68.9 Å². The highest BCUT2D eigenvalue weighted by atomic mass is 19.1. The van der Waals surface area contributed by atoms with Crippen LogP contribution >= 0.6 is 0 Å². The predicted molar refractivity (Wildman–Crippen MR) is 124 cm³/mol. The molecule has 0 saturated heterocycles. The molecule has 6 nitrogen and oxygen atoms in total. The van der Waals surface area contributed by atoms with Gasteiger partial charge >= 0.3 is 0 Å². The molecule has 1 N–H and O–H groups in total. The molecule has 0 radical (unpaired) electrons. The molecule has 1 amide bonds. The number of nitrogens with one attached hydrogen (secondary N) is 1. The molecule has 7 heteroatoms. The van der Waals surface area contributed by atoms with E-state index >= 15 is 0 Å². The summed E-state index contributed by atoms with van der Waals surface area (Å²) in [5.41, 5.74) is 4.83. The fourth-order valence-corrected chi connectivity index (χ4v) is 4.12. The van der Waals surface area contributed by atoms with Crippen LogP contribution in [0, 0.1) is 26.6 Å². The molecule has 0 aliphatic heterocycles. The number of rotatable bonds is 5. The van der Waals surface area contributed by atoms with E-state index in [1.54, 1.807) is 23.9 Å². The van der Waals surface area contributed by atoms with Crippen LogP contribution in [0.1, 0.15) is 28.8 Å². The zero-order chi connectivity index (χ0) is 23.0. The normalized spacial score (nSPS) is 11.2. The maximum Gasteiger partial charge on any atom is 0.255 e. The summed E-state index contributed by atoms with van der Waals surface area (Å²) in [6.07, 6.45) is 0.504. The zero-order valence-electron chi connectivity index (χ0n) is 18.6. The van der Waals surface area contributed by atoms with E-state index in [9.17, 15) is 14.0 Å². The van der Waals surface area contributed by atoms with Crippen LogP contribution in [0.5, 0.6) is 0 Å². The molecule has 2 aromatic carbocycles. The third-order valence-corrected chi connectivity index (χ3v) is 5.82. The smallest absolute Gasteiger partial charge is 0.255 e. The molecule has 0 atom stereocenters. The van der Waals surface area contributed by atoms with Gasteiger partial charge in [-0.1, -0.05) is 24.3 Å². The number of pyridine rings is 1. The van der Waals surface area contributed by atoms with Crippen LogP contribution in [-0.2, 0) is 18.3 Å². The van der Waals surface area contributed by atoms with Crippen molar-refractivity contribution in [2.24, 2.45) is 7.05 Å². The second-order valence-electron chi connectivity index (χ2n) is 8.01. The highest BCUT2D eigenvalue weighted by molar-refractivity contribution is 5.92. The highest BCUT2D eigenvalue weighted by Crippen LogP contribution is 2.26. The minimum Gasteiger partial charge on any atom is -0.326 e. The Balaban J connectivity index is 1.70. The molecule has 32 heavy (non-hydrogen) atoms. The van der Waals surface area contributed by atoms with E-state index in [4.69, 9.17) is 0 Å². The number of carbonyl (C=O) groups is 1. The lowest BCUT2D eigenvalue weighted by Gasteiger charge is -2.13. The number of amides is 1. The molecule has 0 unspecified atom stereocenters. The number of hydrogen-bond donors (Lipinski definition) is 1. The summed E-state index contributed by atoms with van der Waals surface area (Å²) in [6, 6.07) is 13.7. The fraction of sp³-hybridized carbons (Fsp3) is 0.240. The molecule has 0 saturated carbocycles. The number of nitrogens with zero attached hydrogens (tertiary/aromatic N) is 3. The molecule has 164 valence electrons. The van der Waals surface area contributed by atoms with Crippen molar-refractivity contribution < 1.29 is 9.18 Å². The number of para-hydroxylation sites is 1. The van der Waals surface area contributed by atoms with Gasteiger partial charge in [0.1, 0.15) is 11.5 Å². The lowest BCUT2D eigenvalue weighted by atomic mass is 10.0. The van der Waals surface area contributed by atoms with Gasteiger partial charge in [-0.05, 0) is 62.6 Å².